The van der Waals surface area contributed by atoms with Crippen LogP contribution in [-0.2, 0) is 10.0 Å². The first-order chi connectivity index (χ1) is 13.3. The van der Waals surface area contributed by atoms with Crippen molar-refractivity contribution in [2.24, 2.45) is 0 Å². The molecule has 1 aliphatic rings. The van der Waals surface area contributed by atoms with Crippen molar-refractivity contribution in [3.63, 3.8) is 0 Å². The van der Waals surface area contributed by atoms with E-state index >= 15 is 0 Å². The number of hydrogen-bond donors (Lipinski definition) is 2. The third-order valence-corrected chi connectivity index (χ3v) is 6.39. The molecule has 0 saturated heterocycles. The van der Waals surface area contributed by atoms with E-state index in [0.717, 1.165) is 24.8 Å². The summed E-state index contributed by atoms with van der Waals surface area (Å²) in [4.78, 5) is 12.6. The van der Waals surface area contributed by atoms with Crippen LogP contribution < -0.4 is 10.0 Å². The van der Waals surface area contributed by atoms with Gasteiger partial charge in [-0.3, -0.25) is 9.52 Å². The van der Waals surface area contributed by atoms with Gasteiger partial charge >= 0.3 is 0 Å². The second-order valence-corrected chi connectivity index (χ2v) is 8.90. The molecule has 148 valence electrons. The smallest absolute Gasteiger partial charge is 0.262 e. The van der Waals surface area contributed by atoms with Crippen LogP contribution in [0.5, 0.6) is 0 Å². The maximum Gasteiger partial charge on any atom is 0.262 e. The number of carbonyl (C=O) groups is 1. The van der Waals surface area contributed by atoms with Gasteiger partial charge in [-0.2, -0.15) is 0 Å². The van der Waals surface area contributed by atoms with E-state index in [2.05, 4.69) is 16.1 Å². The van der Waals surface area contributed by atoms with Gasteiger partial charge < -0.3 is 5.32 Å². The first kappa shape index (κ1) is 20.1. The standard InChI is InChI=1S/C22H26N2O3S/c1-16-7-6-10-20(13-16)24-28(26,27)21-14-19(12-11-17(21)2)22(25)23-15-18-8-4-3-5-9-18/h6-8,10-14,24H,3-5,9,15H2,1-2H3,(H,23,25). The Bertz CT molecular complexity index is 1010. The average Bonchev–Trinajstić information content (AvgIpc) is 2.67. The van der Waals surface area contributed by atoms with Gasteiger partial charge in [-0.15, -0.1) is 0 Å². The molecule has 0 aliphatic heterocycles. The van der Waals surface area contributed by atoms with E-state index in [0.29, 0.717) is 23.4 Å². The average molecular weight is 399 g/mol. The van der Waals surface area contributed by atoms with Crippen LogP contribution in [-0.4, -0.2) is 20.9 Å². The second-order valence-electron chi connectivity index (χ2n) is 7.25. The minimum atomic E-state index is -3.79. The number of allylic oxidation sites excluding steroid dienone is 1. The van der Waals surface area contributed by atoms with Gasteiger partial charge in [-0.05, 0) is 74.9 Å². The number of benzene rings is 2. The van der Waals surface area contributed by atoms with Gasteiger partial charge in [-0.1, -0.05) is 29.8 Å². The molecular weight excluding hydrogens is 372 g/mol. The van der Waals surface area contributed by atoms with Crippen LogP contribution in [0.15, 0.2) is 59.0 Å². The summed E-state index contributed by atoms with van der Waals surface area (Å²) >= 11 is 0. The lowest BCUT2D eigenvalue weighted by atomic mass is 9.99. The summed E-state index contributed by atoms with van der Waals surface area (Å²) < 4.78 is 28.3. The Morgan fingerprint density at radius 1 is 1.07 bits per heavy atom. The topological polar surface area (TPSA) is 75.3 Å². The number of aryl methyl sites for hydroxylation is 2. The lowest BCUT2D eigenvalue weighted by molar-refractivity contribution is 0.0956. The molecule has 0 unspecified atom stereocenters. The molecule has 0 fully saturated rings. The van der Waals surface area contributed by atoms with Crippen LogP contribution in [0, 0.1) is 13.8 Å². The molecule has 0 radical (unpaired) electrons. The predicted molar refractivity (Wildman–Crippen MR) is 112 cm³/mol. The molecule has 6 heteroatoms. The Hall–Kier alpha value is -2.60. The second kappa shape index (κ2) is 8.61. The van der Waals surface area contributed by atoms with E-state index in [1.54, 1.807) is 37.3 Å². The highest BCUT2D eigenvalue weighted by Crippen LogP contribution is 2.22. The molecular formula is C22H26N2O3S. The zero-order valence-corrected chi connectivity index (χ0v) is 17.1. The molecule has 0 saturated carbocycles. The van der Waals surface area contributed by atoms with Gasteiger partial charge in [0.15, 0.2) is 0 Å². The Morgan fingerprint density at radius 3 is 2.61 bits per heavy atom. The molecule has 0 bridgehead atoms. The fourth-order valence-electron chi connectivity index (χ4n) is 3.31. The number of sulfonamides is 1. The van der Waals surface area contributed by atoms with Crippen molar-refractivity contribution >= 4 is 21.6 Å². The lowest BCUT2D eigenvalue weighted by Crippen LogP contribution is -2.26. The van der Waals surface area contributed by atoms with Crippen molar-refractivity contribution < 1.29 is 13.2 Å². The lowest BCUT2D eigenvalue weighted by Gasteiger charge is -2.15. The van der Waals surface area contributed by atoms with E-state index < -0.39 is 10.0 Å². The number of amides is 1. The van der Waals surface area contributed by atoms with Crippen LogP contribution in [0.2, 0.25) is 0 Å². The van der Waals surface area contributed by atoms with E-state index in [9.17, 15) is 13.2 Å². The molecule has 2 N–H and O–H groups in total. The molecule has 2 aromatic carbocycles. The van der Waals surface area contributed by atoms with Crippen LogP contribution in [0.1, 0.15) is 47.2 Å². The fourth-order valence-corrected chi connectivity index (χ4v) is 4.63. The Labute approximate surface area is 166 Å². The maximum absolute atomic E-state index is 12.9. The van der Waals surface area contributed by atoms with Crippen LogP contribution in [0.4, 0.5) is 5.69 Å². The molecule has 2 aromatic rings. The van der Waals surface area contributed by atoms with E-state index in [4.69, 9.17) is 0 Å². The summed E-state index contributed by atoms with van der Waals surface area (Å²) in [7, 11) is -3.79. The number of rotatable bonds is 6. The predicted octanol–water partition coefficient (Wildman–Crippen LogP) is 4.33. The SMILES string of the molecule is Cc1cccc(NS(=O)(=O)c2cc(C(=O)NCC3=CCCCC3)ccc2C)c1. The number of hydrogen-bond acceptors (Lipinski definition) is 3. The van der Waals surface area contributed by atoms with Crippen molar-refractivity contribution in [1.82, 2.24) is 5.32 Å². The highest BCUT2D eigenvalue weighted by Gasteiger charge is 2.19. The van der Waals surface area contributed by atoms with Crippen molar-refractivity contribution in [3.05, 3.63) is 70.8 Å². The molecule has 0 heterocycles. The van der Waals surface area contributed by atoms with Gasteiger partial charge in [0.1, 0.15) is 0 Å². The zero-order valence-electron chi connectivity index (χ0n) is 16.3. The number of anilines is 1. The number of carbonyl (C=O) groups excluding carboxylic acids is 1. The largest absolute Gasteiger partial charge is 0.348 e. The number of nitrogens with one attached hydrogen (secondary N) is 2. The summed E-state index contributed by atoms with van der Waals surface area (Å²) in [5, 5.41) is 2.90. The highest BCUT2D eigenvalue weighted by atomic mass is 32.2. The molecule has 28 heavy (non-hydrogen) atoms. The highest BCUT2D eigenvalue weighted by molar-refractivity contribution is 7.92. The Balaban J connectivity index is 1.78. The first-order valence-electron chi connectivity index (χ1n) is 9.51. The molecule has 0 spiro atoms. The van der Waals surface area contributed by atoms with Crippen LogP contribution in [0.25, 0.3) is 0 Å². The van der Waals surface area contributed by atoms with E-state index in [-0.39, 0.29) is 10.8 Å². The van der Waals surface area contributed by atoms with Crippen LogP contribution in [0.3, 0.4) is 0 Å². The van der Waals surface area contributed by atoms with Gasteiger partial charge in [0.05, 0.1) is 4.90 Å². The van der Waals surface area contributed by atoms with Crippen molar-refractivity contribution in [1.29, 1.82) is 0 Å². The summed E-state index contributed by atoms with van der Waals surface area (Å²) in [6.45, 7) is 4.13. The van der Waals surface area contributed by atoms with Gasteiger partial charge in [0.25, 0.3) is 15.9 Å². The third-order valence-electron chi connectivity index (χ3n) is 4.87. The normalized spacial score (nSPS) is 14.3. The quantitative estimate of drug-likeness (QED) is 0.711. The minimum Gasteiger partial charge on any atom is -0.348 e. The summed E-state index contributed by atoms with van der Waals surface area (Å²) in [6, 6.07) is 11.9. The molecule has 0 atom stereocenters. The van der Waals surface area contributed by atoms with Gasteiger partial charge in [0, 0.05) is 17.8 Å². The summed E-state index contributed by atoms with van der Waals surface area (Å²) in [6.07, 6.45) is 6.60. The van der Waals surface area contributed by atoms with Gasteiger partial charge in [0.2, 0.25) is 0 Å². The monoisotopic (exact) mass is 398 g/mol. The summed E-state index contributed by atoms with van der Waals surface area (Å²) in [5.74, 6) is -0.265. The molecule has 3 rings (SSSR count). The van der Waals surface area contributed by atoms with E-state index in [1.807, 2.05) is 13.0 Å². The minimum absolute atomic E-state index is 0.110. The molecule has 1 aliphatic carbocycles. The van der Waals surface area contributed by atoms with Crippen molar-refractivity contribution in [3.8, 4) is 0 Å². The molecule has 1 amide bonds. The van der Waals surface area contributed by atoms with E-state index in [1.165, 1.54) is 18.1 Å². The maximum atomic E-state index is 12.9. The third kappa shape index (κ3) is 5.01. The first-order valence-corrected chi connectivity index (χ1v) is 11.0. The van der Waals surface area contributed by atoms with Crippen molar-refractivity contribution in [2.45, 2.75) is 44.4 Å². The van der Waals surface area contributed by atoms with Crippen LogP contribution >= 0.6 is 0 Å². The molecule has 0 aromatic heterocycles. The zero-order chi connectivity index (χ0) is 20.1. The van der Waals surface area contributed by atoms with Crippen molar-refractivity contribution in [2.75, 3.05) is 11.3 Å². The Kier molecular flexibility index (Phi) is 6.19. The molecule has 5 nitrogen and oxygen atoms in total. The summed E-state index contributed by atoms with van der Waals surface area (Å²) in [5.41, 5.74) is 3.62. The van der Waals surface area contributed by atoms with Gasteiger partial charge in [-0.25, -0.2) is 8.42 Å². The Morgan fingerprint density at radius 2 is 1.89 bits per heavy atom. The fraction of sp³-hybridized carbons (Fsp3) is 0.318.